The fourth-order valence-corrected chi connectivity index (χ4v) is 3.91. The van der Waals surface area contributed by atoms with Gasteiger partial charge in [0.25, 0.3) is 5.56 Å². The third-order valence-electron chi connectivity index (χ3n) is 4.51. The third-order valence-corrected chi connectivity index (χ3v) is 5.47. The first-order chi connectivity index (χ1) is 15.6. The molecule has 0 radical (unpaired) electrons. The predicted molar refractivity (Wildman–Crippen MR) is 124 cm³/mol. The number of hydrogen-bond acceptors (Lipinski definition) is 6. The number of aromatic amines is 1. The van der Waals surface area contributed by atoms with E-state index in [-0.39, 0.29) is 17.1 Å². The number of benzene rings is 2. The van der Waals surface area contributed by atoms with E-state index in [1.54, 1.807) is 18.2 Å². The van der Waals surface area contributed by atoms with E-state index in [0.717, 1.165) is 11.1 Å². The molecular formula is C25H21NO5S. The number of ketones is 1. The highest BCUT2D eigenvalue weighted by Gasteiger charge is 2.08. The lowest BCUT2D eigenvalue weighted by Crippen LogP contribution is -2.20. The topological polar surface area (TPSA) is 81.5 Å². The standard InChI is InChI=1S/C25H21NO5S/c1-2-29-22-13-18(10-11-21(22)31-16-17-7-4-3-5-8-17)14-23-25(28)26-24(32-23)15-19(27)20-9-6-12-30-20/h3-15H,2,16H2,1H3,(H,26,28)/b23-14-,24-15-. The van der Waals surface area contributed by atoms with Crippen LogP contribution in [0.2, 0.25) is 0 Å². The summed E-state index contributed by atoms with van der Waals surface area (Å²) in [7, 11) is 0. The Balaban J connectivity index is 1.59. The van der Waals surface area contributed by atoms with Gasteiger partial charge in [0.2, 0.25) is 5.78 Å². The molecule has 4 aromatic rings. The molecule has 32 heavy (non-hydrogen) atoms. The lowest BCUT2D eigenvalue weighted by molar-refractivity contribution is 0.103. The second-order valence-corrected chi connectivity index (χ2v) is 7.91. The average molecular weight is 448 g/mol. The van der Waals surface area contributed by atoms with Crippen LogP contribution in [0, 0.1) is 0 Å². The molecule has 4 rings (SSSR count). The summed E-state index contributed by atoms with van der Waals surface area (Å²) in [6.45, 7) is 2.82. The molecule has 0 bridgehead atoms. The molecule has 162 valence electrons. The van der Waals surface area contributed by atoms with Gasteiger partial charge in [0.1, 0.15) is 6.61 Å². The molecule has 7 heteroatoms. The quantitative estimate of drug-likeness (QED) is 0.418. The minimum Gasteiger partial charge on any atom is -0.490 e. The molecule has 0 saturated heterocycles. The molecule has 2 aromatic heterocycles. The molecule has 0 fully saturated rings. The van der Waals surface area contributed by atoms with Crippen molar-refractivity contribution >= 4 is 29.3 Å². The maximum absolute atomic E-state index is 12.4. The van der Waals surface area contributed by atoms with Crippen LogP contribution in [0.1, 0.15) is 28.6 Å². The molecule has 2 heterocycles. The Morgan fingerprint density at radius 3 is 2.66 bits per heavy atom. The van der Waals surface area contributed by atoms with Crippen molar-refractivity contribution in [2.24, 2.45) is 0 Å². The van der Waals surface area contributed by atoms with Gasteiger partial charge >= 0.3 is 0 Å². The Morgan fingerprint density at radius 2 is 1.91 bits per heavy atom. The van der Waals surface area contributed by atoms with Crippen molar-refractivity contribution in [3.63, 3.8) is 0 Å². The highest BCUT2D eigenvalue weighted by molar-refractivity contribution is 7.07. The lowest BCUT2D eigenvalue weighted by Gasteiger charge is -2.12. The lowest BCUT2D eigenvalue weighted by atomic mass is 10.2. The molecule has 2 aromatic carbocycles. The number of carbonyl (C=O) groups excluding carboxylic acids is 1. The van der Waals surface area contributed by atoms with E-state index in [2.05, 4.69) is 4.98 Å². The number of nitrogens with one attached hydrogen (secondary N) is 1. The number of furan rings is 1. The maximum Gasteiger partial charge on any atom is 0.266 e. The van der Waals surface area contributed by atoms with Gasteiger partial charge in [-0.05, 0) is 48.4 Å². The van der Waals surface area contributed by atoms with Gasteiger partial charge in [-0.1, -0.05) is 36.4 Å². The summed E-state index contributed by atoms with van der Waals surface area (Å²) in [5, 5.41) is 0. The van der Waals surface area contributed by atoms with Crippen LogP contribution in [0.4, 0.5) is 0 Å². The Bertz CT molecular complexity index is 1370. The average Bonchev–Trinajstić information content (AvgIpc) is 3.45. The van der Waals surface area contributed by atoms with E-state index in [1.165, 1.54) is 23.7 Å². The predicted octanol–water partition coefficient (Wildman–Crippen LogP) is 3.50. The molecule has 0 aliphatic heterocycles. The van der Waals surface area contributed by atoms with Crippen LogP contribution in [0.5, 0.6) is 11.5 Å². The number of Topliss-reactive ketones (excluding diaryl/α,β-unsaturated/α-hetero) is 1. The maximum atomic E-state index is 12.4. The SMILES string of the molecule is CCOc1cc(/C=c2\s/c(=C\C(=O)c3ccco3)[nH]c2=O)ccc1OCc1ccccc1. The summed E-state index contributed by atoms with van der Waals surface area (Å²) in [4.78, 5) is 27.2. The van der Waals surface area contributed by atoms with Gasteiger partial charge < -0.3 is 18.9 Å². The molecular weight excluding hydrogens is 426 g/mol. The van der Waals surface area contributed by atoms with E-state index < -0.39 is 0 Å². The van der Waals surface area contributed by atoms with Crippen LogP contribution >= 0.6 is 11.3 Å². The van der Waals surface area contributed by atoms with Crippen LogP contribution < -0.4 is 24.2 Å². The van der Waals surface area contributed by atoms with Gasteiger partial charge in [0, 0.05) is 6.08 Å². The smallest absolute Gasteiger partial charge is 0.266 e. The van der Waals surface area contributed by atoms with E-state index >= 15 is 0 Å². The molecule has 6 nitrogen and oxygen atoms in total. The van der Waals surface area contributed by atoms with Gasteiger partial charge in [0.05, 0.1) is 22.1 Å². The van der Waals surface area contributed by atoms with E-state index in [0.29, 0.717) is 33.9 Å². The van der Waals surface area contributed by atoms with Crippen LogP contribution in [-0.4, -0.2) is 17.4 Å². The number of rotatable bonds is 8. The fraction of sp³-hybridized carbons (Fsp3) is 0.120. The first-order valence-corrected chi connectivity index (χ1v) is 10.9. The summed E-state index contributed by atoms with van der Waals surface area (Å²) in [6.07, 6.45) is 4.54. The Labute approximate surface area is 188 Å². The zero-order chi connectivity index (χ0) is 22.3. The molecule has 0 aliphatic rings. The normalized spacial score (nSPS) is 12.2. The zero-order valence-electron chi connectivity index (χ0n) is 17.4. The minimum absolute atomic E-state index is 0.220. The second-order valence-electron chi connectivity index (χ2n) is 6.83. The number of carbonyl (C=O) groups is 1. The monoisotopic (exact) mass is 447 g/mol. The molecule has 0 amide bonds. The largest absolute Gasteiger partial charge is 0.490 e. The van der Waals surface area contributed by atoms with E-state index in [1.807, 2.05) is 55.5 Å². The summed E-state index contributed by atoms with van der Waals surface area (Å²) < 4.78 is 17.7. The summed E-state index contributed by atoms with van der Waals surface area (Å²) in [6, 6.07) is 18.6. The molecule has 0 spiro atoms. The molecule has 0 saturated carbocycles. The second kappa shape index (κ2) is 9.98. The van der Waals surface area contributed by atoms with Crippen molar-refractivity contribution in [1.82, 2.24) is 4.98 Å². The number of aromatic nitrogens is 1. The minimum atomic E-state index is -0.308. The van der Waals surface area contributed by atoms with Gasteiger partial charge in [-0.15, -0.1) is 11.3 Å². The number of hydrogen-bond donors (Lipinski definition) is 1. The molecule has 0 atom stereocenters. The number of H-pyrrole nitrogens is 1. The zero-order valence-corrected chi connectivity index (χ0v) is 18.2. The number of thiazole rings is 1. The van der Waals surface area contributed by atoms with Crippen LogP contribution in [-0.2, 0) is 6.61 Å². The van der Waals surface area contributed by atoms with Crippen molar-refractivity contribution in [2.45, 2.75) is 13.5 Å². The highest BCUT2D eigenvalue weighted by Crippen LogP contribution is 2.29. The Hall–Kier alpha value is -3.84. The van der Waals surface area contributed by atoms with Crippen LogP contribution in [0.15, 0.2) is 76.1 Å². The van der Waals surface area contributed by atoms with Crippen molar-refractivity contribution in [3.05, 3.63) is 103 Å². The van der Waals surface area contributed by atoms with Crippen molar-refractivity contribution < 1.29 is 18.7 Å². The van der Waals surface area contributed by atoms with Crippen LogP contribution in [0.25, 0.3) is 12.2 Å². The molecule has 0 aliphatic carbocycles. The molecule has 0 unspecified atom stereocenters. The first-order valence-electron chi connectivity index (χ1n) is 10.1. The van der Waals surface area contributed by atoms with Gasteiger partial charge in [0.15, 0.2) is 17.3 Å². The van der Waals surface area contributed by atoms with E-state index in [4.69, 9.17) is 13.9 Å². The van der Waals surface area contributed by atoms with Crippen LogP contribution in [0.3, 0.4) is 0 Å². The van der Waals surface area contributed by atoms with Crippen molar-refractivity contribution in [3.8, 4) is 11.5 Å². The summed E-state index contributed by atoms with van der Waals surface area (Å²) in [5.74, 6) is 1.14. The van der Waals surface area contributed by atoms with Gasteiger partial charge in [-0.3, -0.25) is 9.59 Å². The fourth-order valence-electron chi connectivity index (χ4n) is 3.02. The van der Waals surface area contributed by atoms with Crippen molar-refractivity contribution in [2.75, 3.05) is 6.61 Å². The number of ether oxygens (including phenoxy) is 2. The highest BCUT2D eigenvalue weighted by atomic mass is 32.1. The third kappa shape index (κ3) is 5.25. The van der Waals surface area contributed by atoms with Gasteiger partial charge in [-0.2, -0.15) is 0 Å². The van der Waals surface area contributed by atoms with Gasteiger partial charge in [-0.25, -0.2) is 0 Å². The Morgan fingerprint density at radius 1 is 1.06 bits per heavy atom. The summed E-state index contributed by atoms with van der Waals surface area (Å²) in [5.41, 5.74) is 1.58. The molecule has 1 N–H and O–H groups in total. The van der Waals surface area contributed by atoms with E-state index in [9.17, 15) is 9.59 Å². The first kappa shape index (κ1) is 21.4. The Kier molecular flexibility index (Phi) is 6.67. The summed E-state index contributed by atoms with van der Waals surface area (Å²) >= 11 is 1.20. The van der Waals surface area contributed by atoms with Crippen molar-refractivity contribution in [1.29, 1.82) is 0 Å².